The van der Waals surface area contributed by atoms with Crippen molar-refractivity contribution in [3.05, 3.63) is 29.8 Å². The second-order valence-corrected chi connectivity index (χ2v) is 10.7. The first-order chi connectivity index (χ1) is 14.9. The van der Waals surface area contributed by atoms with E-state index in [0.29, 0.717) is 18.7 Å². The molecular formula is C24H36N4O4. The van der Waals surface area contributed by atoms with Crippen molar-refractivity contribution in [1.29, 1.82) is 5.26 Å². The summed E-state index contributed by atoms with van der Waals surface area (Å²) in [5.74, 6) is 0. The molecule has 0 spiro atoms. The fourth-order valence-corrected chi connectivity index (χ4v) is 5.02. The Kier molecular flexibility index (Phi) is 7.03. The number of ether oxygens (including phenoxy) is 1. The van der Waals surface area contributed by atoms with Crippen LogP contribution >= 0.6 is 0 Å². The Hall–Kier alpha value is -2.34. The molecule has 8 nitrogen and oxygen atoms in total. The van der Waals surface area contributed by atoms with Gasteiger partial charge in [0.25, 0.3) is 0 Å². The van der Waals surface area contributed by atoms with Gasteiger partial charge < -0.3 is 24.9 Å². The fraction of sp³-hybridized carbons (Fsp3) is 0.667. The van der Waals surface area contributed by atoms with Crippen LogP contribution in [0.5, 0.6) is 0 Å². The van der Waals surface area contributed by atoms with Crippen molar-refractivity contribution in [2.24, 2.45) is 10.8 Å². The maximum atomic E-state index is 12.1. The Labute approximate surface area is 191 Å². The summed E-state index contributed by atoms with van der Waals surface area (Å²) in [5.41, 5.74) is 0.226. The molecule has 8 heteroatoms. The Morgan fingerprint density at radius 1 is 1.19 bits per heavy atom. The zero-order valence-corrected chi connectivity index (χ0v) is 19.9. The lowest BCUT2D eigenvalue weighted by Crippen LogP contribution is -2.70. The van der Waals surface area contributed by atoms with E-state index < -0.39 is 28.7 Å². The lowest BCUT2D eigenvalue weighted by Gasteiger charge is -2.59. The highest BCUT2D eigenvalue weighted by Gasteiger charge is 2.56. The molecule has 2 atom stereocenters. The minimum Gasteiger partial charge on any atom is -0.427 e. The number of carbonyl (C=O) groups is 1. The first-order valence-electron chi connectivity index (χ1n) is 11.2. The number of anilines is 1. The smallest absolute Gasteiger partial charge is 0.427 e. The highest BCUT2D eigenvalue weighted by atomic mass is 16.8. The summed E-state index contributed by atoms with van der Waals surface area (Å²) in [6.07, 6.45) is -0.216. The van der Waals surface area contributed by atoms with E-state index in [0.717, 1.165) is 38.3 Å². The molecule has 0 saturated carbocycles. The molecule has 0 radical (unpaired) electrons. The fourth-order valence-electron chi connectivity index (χ4n) is 5.02. The molecule has 2 bridgehead atoms. The average molecular weight is 445 g/mol. The van der Waals surface area contributed by atoms with Crippen LogP contribution < -0.4 is 5.32 Å². The van der Waals surface area contributed by atoms with E-state index in [-0.39, 0.29) is 0 Å². The van der Waals surface area contributed by atoms with Gasteiger partial charge in [-0.25, -0.2) is 4.79 Å². The van der Waals surface area contributed by atoms with Crippen molar-refractivity contribution in [1.82, 2.24) is 9.96 Å². The van der Waals surface area contributed by atoms with Crippen LogP contribution in [-0.2, 0) is 9.57 Å². The van der Waals surface area contributed by atoms with Gasteiger partial charge in [0.15, 0.2) is 0 Å². The van der Waals surface area contributed by atoms with Crippen LogP contribution in [-0.4, -0.2) is 72.2 Å². The first-order valence-corrected chi connectivity index (χ1v) is 11.2. The van der Waals surface area contributed by atoms with Crippen molar-refractivity contribution in [2.75, 3.05) is 44.6 Å². The number of rotatable bonds is 6. The molecule has 2 N–H and O–H groups in total. The molecule has 0 amide bonds. The minimum atomic E-state index is -0.704. The van der Waals surface area contributed by atoms with Crippen LogP contribution in [0, 0.1) is 22.2 Å². The Morgan fingerprint density at radius 2 is 1.78 bits per heavy atom. The third-order valence-corrected chi connectivity index (χ3v) is 6.15. The third-order valence-electron chi connectivity index (χ3n) is 6.15. The van der Waals surface area contributed by atoms with Gasteiger partial charge in [0.1, 0.15) is 5.60 Å². The van der Waals surface area contributed by atoms with Gasteiger partial charge in [0.05, 0.1) is 17.7 Å². The topological polar surface area (TPSA) is 98.1 Å². The zero-order valence-electron chi connectivity index (χ0n) is 19.9. The number of carbonyl (C=O) groups excluding carboxylic acids is 1. The molecule has 0 aliphatic carbocycles. The number of aliphatic hydroxyl groups excluding tert-OH is 1. The first kappa shape index (κ1) is 24.3. The predicted octanol–water partition coefficient (Wildman–Crippen LogP) is 3.23. The van der Waals surface area contributed by atoms with Gasteiger partial charge in [-0.2, -0.15) is 5.26 Å². The quantitative estimate of drug-likeness (QED) is 0.510. The minimum absolute atomic E-state index is 0.409. The molecule has 2 aliphatic heterocycles. The number of nitrogens with one attached hydrogen (secondary N) is 1. The van der Waals surface area contributed by atoms with E-state index >= 15 is 0 Å². The summed E-state index contributed by atoms with van der Waals surface area (Å²) < 4.78 is 5.29. The van der Waals surface area contributed by atoms with E-state index in [2.05, 4.69) is 30.1 Å². The van der Waals surface area contributed by atoms with Crippen molar-refractivity contribution in [3.8, 4) is 6.07 Å². The van der Waals surface area contributed by atoms with Crippen LogP contribution in [0.4, 0.5) is 10.5 Å². The van der Waals surface area contributed by atoms with Crippen molar-refractivity contribution < 1.29 is 19.5 Å². The summed E-state index contributed by atoms with van der Waals surface area (Å²) in [7, 11) is 0. The van der Waals surface area contributed by atoms with Crippen LogP contribution in [0.25, 0.3) is 0 Å². The van der Waals surface area contributed by atoms with Crippen LogP contribution in [0.3, 0.4) is 0 Å². The second kappa shape index (κ2) is 9.26. The number of nitrogens with zero attached hydrogens (tertiary/aromatic N) is 3. The number of fused-ring (bicyclic) bond motifs is 2. The van der Waals surface area contributed by atoms with Crippen molar-refractivity contribution in [3.63, 3.8) is 0 Å². The molecule has 2 fully saturated rings. The lowest BCUT2D eigenvalue weighted by molar-refractivity contribution is -0.254. The number of hydroxylamine groups is 2. The molecule has 1 aromatic rings. The molecular weight excluding hydrogens is 408 g/mol. The number of hydrogen-bond donors (Lipinski definition) is 2. The van der Waals surface area contributed by atoms with E-state index in [1.165, 1.54) is 0 Å². The maximum Gasteiger partial charge on any atom is 0.528 e. The molecule has 1 aromatic carbocycles. The van der Waals surface area contributed by atoms with Gasteiger partial charge in [-0.05, 0) is 58.0 Å². The average Bonchev–Trinajstić information content (AvgIpc) is 2.67. The number of nitriles is 1. The van der Waals surface area contributed by atoms with E-state index in [1.807, 2.05) is 24.3 Å². The molecule has 3 rings (SSSR count). The van der Waals surface area contributed by atoms with Gasteiger partial charge in [0.2, 0.25) is 0 Å². The maximum absolute atomic E-state index is 12.1. The monoisotopic (exact) mass is 444 g/mol. The highest BCUT2D eigenvalue weighted by Crippen LogP contribution is 2.45. The van der Waals surface area contributed by atoms with E-state index in [1.54, 1.807) is 25.8 Å². The van der Waals surface area contributed by atoms with E-state index in [4.69, 9.17) is 14.8 Å². The standard InChI is InChI=1S/C24H36N4O4/c1-22(2,3)31-21(30)32-28-16-23(4)14-27(15-24(5,17-28)20(23)29)12-6-11-26-19-9-7-18(13-25)8-10-19/h7-10,20,26,29H,6,11-12,14-17H2,1-5H3. The van der Waals surface area contributed by atoms with Crippen LogP contribution in [0.15, 0.2) is 24.3 Å². The molecule has 2 heterocycles. The predicted molar refractivity (Wildman–Crippen MR) is 122 cm³/mol. The molecule has 2 unspecified atom stereocenters. The van der Waals surface area contributed by atoms with Gasteiger partial charge in [-0.3, -0.25) is 0 Å². The summed E-state index contributed by atoms with van der Waals surface area (Å²) >= 11 is 0. The van der Waals surface area contributed by atoms with E-state index in [9.17, 15) is 9.90 Å². The zero-order chi connectivity index (χ0) is 23.6. The Balaban J connectivity index is 1.52. The van der Waals surface area contributed by atoms with Crippen LogP contribution in [0.1, 0.15) is 46.6 Å². The summed E-state index contributed by atoms with van der Waals surface area (Å²) in [6, 6.07) is 9.58. The molecule has 176 valence electrons. The number of piperidine rings is 2. The van der Waals surface area contributed by atoms with Gasteiger partial charge >= 0.3 is 6.16 Å². The molecule has 2 aliphatic rings. The number of hydrogen-bond acceptors (Lipinski definition) is 8. The third kappa shape index (κ3) is 5.91. The summed E-state index contributed by atoms with van der Waals surface area (Å²) in [4.78, 5) is 20.0. The summed E-state index contributed by atoms with van der Waals surface area (Å²) in [5, 5.41) is 25.0. The number of aliphatic hydroxyl groups is 1. The number of likely N-dealkylation sites (tertiary alicyclic amines) is 1. The van der Waals surface area contributed by atoms with Gasteiger partial charge in [-0.1, -0.05) is 13.8 Å². The van der Waals surface area contributed by atoms with Crippen LogP contribution in [0.2, 0.25) is 0 Å². The second-order valence-electron chi connectivity index (χ2n) is 10.7. The van der Waals surface area contributed by atoms with Gasteiger partial charge in [-0.15, -0.1) is 5.06 Å². The Bertz CT molecular complexity index is 825. The summed E-state index contributed by atoms with van der Waals surface area (Å²) in [6.45, 7) is 13.7. The normalized spacial score (nSPS) is 28.6. The molecule has 32 heavy (non-hydrogen) atoms. The number of benzene rings is 1. The van der Waals surface area contributed by atoms with Crippen molar-refractivity contribution >= 4 is 11.8 Å². The molecule has 2 saturated heterocycles. The largest absolute Gasteiger partial charge is 0.528 e. The SMILES string of the molecule is CC(C)(C)OC(=O)ON1CC2(C)CN(CCCNc3ccc(C#N)cc3)CC(C)(C1)C2O. The van der Waals surface area contributed by atoms with Crippen molar-refractivity contribution in [2.45, 2.75) is 52.7 Å². The highest BCUT2D eigenvalue weighted by molar-refractivity contribution is 5.60. The Morgan fingerprint density at radius 3 is 2.31 bits per heavy atom. The van der Waals surface area contributed by atoms with Gasteiger partial charge in [0, 0.05) is 49.2 Å². The molecule has 0 aromatic heterocycles. The lowest BCUT2D eigenvalue weighted by atomic mass is 9.63.